The second-order valence-electron chi connectivity index (χ2n) is 6.77. The minimum absolute atomic E-state index is 0.0485. The number of carbonyl (C=O) groups excluding carboxylic acids is 2. The zero-order chi connectivity index (χ0) is 16.9. The topological polar surface area (TPSA) is 80.1 Å². The Morgan fingerprint density at radius 2 is 2.04 bits per heavy atom. The Balaban J connectivity index is 1.64. The third kappa shape index (κ3) is 3.76. The fraction of sp³-hybridized carbons (Fsp3) is 0.765. The second-order valence-corrected chi connectivity index (χ2v) is 6.77. The molecule has 3 rings (SSSR count). The monoisotopic (exact) mass is 333 g/mol. The van der Waals surface area contributed by atoms with Gasteiger partial charge in [-0.15, -0.1) is 10.2 Å². The Kier molecular flexibility index (Phi) is 5.48. The molecular formula is C17H27N5O2. The van der Waals surface area contributed by atoms with Crippen molar-refractivity contribution in [1.29, 1.82) is 0 Å². The van der Waals surface area contributed by atoms with E-state index in [0.29, 0.717) is 19.4 Å². The van der Waals surface area contributed by atoms with Gasteiger partial charge in [0.1, 0.15) is 5.82 Å². The highest BCUT2D eigenvalue weighted by Crippen LogP contribution is 2.32. The van der Waals surface area contributed by atoms with Gasteiger partial charge in [0.05, 0.1) is 6.04 Å². The molecule has 24 heavy (non-hydrogen) atoms. The highest BCUT2D eigenvalue weighted by molar-refractivity contribution is 5.77. The van der Waals surface area contributed by atoms with Crippen LogP contribution in [0.5, 0.6) is 0 Å². The van der Waals surface area contributed by atoms with Crippen LogP contribution < -0.4 is 5.32 Å². The molecule has 2 amide bonds. The van der Waals surface area contributed by atoms with Crippen molar-refractivity contribution in [2.75, 3.05) is 13.1 Å². The lowest BCUT2D eigenvalue weighted by Gasteiger charge is -2.24. The van der Waals surface area contributed by atoms with Crippen molar-refractivity contribution in [3.63, 3.8) is 0 Å². The average Bonchev–Trinajstić information content (AvgIpc) is 3.12. The van der Waals surface area contributed by atoms with E-state index in [0.717, 1.165) is 50.4 Å². The summed E-state index contributed by atoms with van der Waals surface area (Å²) in [5.41, 5.74) is 0. The summed E-state index contributed by atoms with van der Waals surface area (Å²) < 4.78 is 2.25. The Labute approximate surface area is 142 Å². The molecule has 0 aromatic carbocycles. The largest absolute Gasteiger partial charge is 0.356 e. The SMILES string of the molecule is CC(=O)NCCCC(=O)N1CCC[C@H]1c1nnc2n1CCCCC2. The molecule has 0 radical (unpaired) electrons. The number of amides is 2. The van der Waals surface area contributed by atoms with E-state index < -0.39 is 0 Å². The predicted molar refractivity (Wildman–Crippen MR) is 89.2 cm³/mol. The second kappa shape index (κ2) is 7.77. The lowest BCUT2D eigenvalue weighted by atomic mass is 10.2. The van der Waals surface area contributed by atoms with E-state index in [1.165, 1.54) is 19.8 Å². The maximum absolute atomic E-state index is 12.6. The normalized spacial score (nSPS) is 20.5. The fourth-order valence-electron chi connectivity index (χ4n) is 3.74. The van der Waals surface area contributed by atoms with Gasteiger partial charge in [0.2, 0.25) is 11.8 Å². The summed E-state index contributed by atoms with van der Waals surface area (Å²) in [7, 11) is 0. The van der Waals surface area contributed by atoms with Crippen molar-refractivity contribution in [1.82, 2.24) is 25.0 Å². The molecule has 132 valence electrons. The van der Waals surface area contributed by atoms with Gasteiger partial charge in [-0.1, -0.05) is 6.42 Å². The van der Waals surface area contributed by atoms with E-state index in [4.69, 9.17) is 0 Å². The van der Waals surface area contributed by atoms with E-state index in [9.17, 15) is 9.59 Å². The van der Waals surface area contributed by atoms with Crippen LogP contribution in [0.4, 0.5) is 0 Å². The molecule has 0 unspecified atom stereocenters. The van der Waals surface area contributed by atoms with Crippen molar-refractivity contribution in [2.45, 2.75) is 70.9 Å². The molecule has 0 spiro atoms. The van der Waals surface area contributed by atoms with E-state index in [-0.39, 0.29) is 17.9 Å². The molecule has 1 saturated heterocycles. The number of nitrogens with one attached hydrogen (secondary N) is 1. The number of rotatable bonds is 5. The summed E-state index contributed by atoms with van der Waals surface area (Å²) in [5, 5.41) is 11.6. The van der Waals surface area contributed by atoms with Crippen molar-refractivity contribution in [3.8, 4) is 0 Å². The summed E-state index contributed by atoms with van der Waals surface area (Å²) >= 11 is 0. The van der Waals surface area contributed by atoms with Crippen molar-refractivity contribution < 1.29 is 9.59 Å². The van der Waals surface area contributed by atoms with E-state index >= 15 is 0 Å². The number of likely N-dealkylation sites (tertiary alicyclic amines) is 1. The van der Waals surface area contributed by atoms with E-state index in [2.05, 4.69) is 20.1 Å². The molecular weight excluding hydrogens is 306 g/mol. The van der Waals surface area contributed by atoms with Crippen LogP contribution in [0.15, 0.2) is 0 Å². The van der Waals surface area contributed by atoms with Crippen LogP contribution in [0.2, 0.25) is 0 Å². The molecule has 1 atom stereocenters. The summed E-state index contributed by atoms with van der Waals surface area (Å²) in [5.74, 6) is 2.16. The molecule has 0 saturated carbocycles. The van der Waals surface area contributed by atoms with Gasteiger partial charge in [-0.2, -0.15) is 0 Å². The highest BCUT2D eigenvalue weighted by Gasteiger charge is 2.34. The molecule has 1 fully saturated rings. The molecule has 0 bridgehead atoms. The van der Waals surface area contributed by atoms with E-state index in [1.807, 2.05) is 4.90 Å². The first-order chi connectivity index (χ1) is 11.7. The van der Waals surface area contributed by atoms with Crippen LogP contribution in [0, 0.1) is 0 Å². The molecule has 7 heteroatoms. The standard InChI is InChI=1S/C17H27N5O2/c1-13(23)18-10-5-9-16(24)21-12-6-7-14(21)17-20-19-15-8-3-2-4-11-22(15)17/h14H,2-12H2,1H3,(H,18,23)/t14-/m0/s1. The number of aryl methyl sites for hydroxylation is 1. The quantitative estimate of drug-likeness (QED) is 0.830. The third-order valence-corrected chi connectivity index (χ3v) is 4.95. The number of nitrogens with zero attached hydrogens (tertiary/aromatic N) is 4. The maximum atomic E-state index is 12.6. The smallest absolute Gasteiger partial charge is 0.223 e. The van der Waals surface area contributed by atoms with Gasteiger partial charge < -0.3 is 14.8 Å². The summed E-state index contributed by atoms with van der Waals surface area (Å²) in [6, 6.07) is 0.0672. The first-order valence-corrected chi connectivity index (χ1v) is 9.12. The minimum Gasteiger partial charge on any atom is -0.356 e. The van der Waals surface area contributed by atoms with Crippen molar-refractivity contribution in [2.24, 2.45) is 0 Å². The van der Waals surface area contributed by atoms with E-state index in [1.54, 1.807) is 0 Å². The zero-order valence-electron chi connectivity index (χ0n) is 14.5. The molecule has 1 aromatic heterocycles. The van der Waals surface area contributed by atoms with Gasteiger partial charge in [0.15, 0.2) is 5.82 Å². The minimum atomic E-state index is -0.0485. The van der Waals surface area contributed by atoms with Crippen LogP contribution in [-0.2, 0) is 22.6 Å². The number of carbonyl (C=O) groups is 2. The Hall–Kier alpha value is -1.92. The molecule has 7 nitrogen and oxygen atoms in total. The Bertz CT molecular complexity index is 598. The van der Waals surface area contributed by atoms with Crippen LogP contribution >= 0.6 is 0 Å². The Morgan fingerprint density at radius 3 is 2.88 bits per heavy atom. The summed E-state index contributed by atoms with van der Waals surface area (Å²) in [4.78, 5) is 25.4. The highest BCUT2D eigenvalue weighted by atomic mass is 16.2. The zero-order valence-corrected chi connectivity index (χ0v) is 14.5. The number of aromatic nitrogens is 3. The molecule has 2 aliphatic rings. The Morgan fingerprint density at radius 1 is 1.17 bits per heavy atom. The lowest BCUT2D eigenvalue weighted by Crippen LogP contribution is -2.32. The number of fused-ring (bicyclic) bond motifs is 1. The van der Waals surface area contributed by atoms with Crippen LogP contribution in [-0.4, -0.2) is 44.6 Å². The molecule has 3 heterocycles. The van der Waals surface area contributed by atoms with Gasteiger partial charge in [0, 0.05) is 39.4 Å². The number of hydrogen-bond acceptors (Lipinski definition) is 4. The van der Waals surface area contributed by atoms with Gasteiger partial charge in [-0.25, -0.2) is 0 Å². The van der Waals surface area contributed by atoms with Gasteiger partial charge in [0.25, 0.3) is 0 Å². The first-order valence-electron chi connectivity index (χ1n) is 9.12. The average molecular weight is 333 g/mol. The molecule has 1 N–H and O–H groups in total. The van der Waals surface area contributed by atoms with Crippen molar-refractivity contribution in [3.05, 3.63) is 11.6 Å². The third-order valence-electron chi connectivity index (χ3n) is 4.95. The summed E-state index contributed by atoms with van der Waals surface area (Å²) in [6.45, 7) is 3.82. The first kappa shape index (κ1) is 16.9. The van der Waals surface area contributed by atoms with Gasteiger partial charge in [-0.05, 0) is 32.1 Å². The van der Waals surface area contributed by atoms with Crippen LogP contribution in [0.3, 0.4) is 0 Å². The predicted octanol–water partition coefficient (Wildman–Crippen LogP) is 1.58. The maximum Gasteiger partial charge on any atom is 0.223 e. The van der Waals surface area contributed by atoms with Crippen molar-refractivity contribution >= 4 is 11.8 Å². The molecule has 1 aromatic rings. The van der Waals surface area contributed by atoms with Gasteiger partial charge in [-0.3, -0.25) is 9.59 Å². The molecule has 2 aliphatic heterocycles. The number of hydrogen-bond donors (Lipinski definition) is 1. The summed E-state index contributed by atoms with van der Waals surface area (Å²) in [6.07, 6.45) is 7.70. The van der Waals surface area contributed by atoms with Crippen LogP contribution in [0.1, 0.15) is 69.6 Å². The molecule has 0 aliphatic carbocycles. The van der Waals surface area contributed by atoms with Gasteiger partial charge >= 0.3 is 0 Å². The van der Waals surface area contributed by atoms with Crippen LogP contribution in [0.25, 0.3) is 0 Å². The fourth-order valence-corrected chi connectivity index (χ4v) is 3.74. The lowest BCUT2D eigenvalue weighted by molar-refractivity contribution is -0.132.